The molecule has 2 aliphatic heterocycles. The lowest BCUT2D eigenvalue weighted by molar-refractivity contribution is -0.141. The molecule has 128 valence electrons. The van der Waals surface area contributed by atoms with Gasteiger partial charge in [-0.2, -0.15) is 0 Å². The first-order valence-corrected chi connectivity index (χ1v) is 7.91. The van der Waals surface area contributed by atoms with Crippen LogP contribution in [0.5, 0.6) is 0 Å². The van der Waals surface area contributed by atoms with Crippen molar-refractivity contribution in [2.24, 2.45) is 17.6 Å². The summed E-state index contributed by atoms with van der Waals surface area (Å²) in [7, 11) is 0. The third-order valence-corrected chi connectivity index (χ3v) is 4.56. The van der Waals surface area contributed by atoms with Crippen LogP contribution in [0.3, 0.4) is 0 Å². The van der Waals surface area contributed by atoms with Crippen molar-refractivity contribution in [1.82, 2.24) is 10.2 Å². The van der Waals surface area contributed by atoms with Crippen LogP contribution in [-0.2, 0) is 14.3 Å². The van der Waals surface area contributed by atoms with Gasteiger partial charge in [0, 0.05) is 25.1 Å². The van der Waals surface area contributed by atoms with Crippen molar-refractivity contribution < 1.29 is 14.3 Å². The maximum atomic E-state index is 12.4. The maximum absolute atomic E-state index is 12.4. The van der Waals surface area contributed by atoms with E-state index < -0.39 is 6.04 Å². The van der Waals surface area contributed by atoms with E-state index in [4.69, 9.17) is 10.5 Å². The second-order valence-corrected chi connectivity index (χ2v) is 6.41. The number of nitrogens with one attached hydrogen (secondary N) is 1. The van der Waals surface area contributed by atoms with Gasteiger partial charge in [0.15, 0.2) is 0 Å². The van der Waals surface area contributed by atoms with Gasteiger partial charge >= 0.3 is 0 Å². The van der Waals surface area contributed by atoms with Crippen LogP contribution in [0.1, 0.15) is 33.1 Å². The van der Waals surface area contributed by atoms with Crippen molar-refractivity contribution in [3.63, 3.8) is 0 Å². The SMILES string of the molecule is CC(C)[C@H](N)C(=O)NCC(=O)N1CCCC2COCCC21.Cl. The Morgan fingerprint density at radius 2 is 2.09 bits per heavy atom. The molecule has 0 aromatic rings. The lowest BCUT2D eigenvalue weighted by Gasteiger charge is -2.43. The number of fused-ring (bicyclic) bond motifs is 1. The van der Waals surface area contributed by atoms with Crippen LogP contribution in [0, 0.1) is 11.8 Å². The predicted molar refractivity (Wildman–Crippen MR) is 86.7 cm³/mol. The molecule has 2 saturated heterocycles. The Balaban J connectivity index is 0.00000242. The lowest BCUT2D eigenvalue weighted by atomic mass is 9.86. The molecule has 0 aromatic carbocycles. The quantitative estimate of drug-likeness (QED) is 0.786. The number of nitrogens with two attached hydrogens (primary N) is 1. The van der Waals surface area contributed by atoms with Crippen LogP contribution in [-0.4, -0.2) is 55.1 Å². The molecule has 0 bridgehead atoms. The highest BCUT2D eigenvalue weighted by Crippen LogP contribution is 2.29. The fourth-order valence-corrected chi connectivity index (χ4v) is 3.16. The van der Waals surface area contributed by atoms with Gasteiger partial charge in [-0.25, -0.2) is 0 Å². The van der Waals surface area contributed by atoms with Crippen LogP contribution in [0.25, 0.3) is 0 Å². The van der Waals surface area contributed by atoms with E-state index in [1.165, 1.54) is 0 Å². The number of rotatable bonds is 4. The smallest absolute Gasteiger partial charge is 0.242 e. The molecule has 6 nitrogen and oxygen atoms in total. The maximum Gasteiger partial charge on any atom is 0.242 e. The number of carbonyl (C=O) groups is 2. The highest BCUT2D eigenvalue weighted by molar-refractivity contribution is 5.87. The lowest BCUT2D eigenvalue weighted by Crippen LogP contribution is -2.55. The van der Waals surface area contributed by atoms with Gasteiger partial charge in [0.2, 0.25) is 11.8 Å². The molecule has 2 fully saturated rings. The molecule has 7 heteroatoms. The topological polar surface area (TPSA) is 84.7 Å². The third kappa shape index (κ3) is 4.57. The molecule has 2 aliphatic rings. The highest BCUT2D eigenvalue weighted by Gasteiger charge is 2.36. The molecule has 0 spiro atoms. The number of hydrogen-bond donors (Lipinski definition) is 2. The second-order valence-electron chi connectivity index (χ2n) is 6.41. The fourth-order valence-electron chi connectivity index (χ4n) is 3.16. The van der Waals surface area contributed by atoms with E-state index in [2.05, 4.69) is 5.32 Å². The molecule has 0 saturated carbocycles. The molecule has 2 rings (SSSR count). The molecule has 0 radical (unpaired) electrons. The molecule has 2 unspecified atom stereocenters. The monoisotopic (exact) mass is 333 g/mol. The van der Waals surface area contributed by atoms with Crippen molar-refractivity contribution in [3.8, 4) is 0 Å². The Bertz CT molecular complexity index is 390. The van der Waals surface area contributed by atoms with Gasteiger partial charge < -0.3 is 20.7 Å². The normalized spacial score (nSPS) is 25.9. The van der Waals surface area contributed by atoms with Gasteiger partial charge in [0.1, 0.15) is 0 Å². The van der Waals surface area contributed by atoms with Gasteiger partial charge in [0.25, 0.3) is 0 Å². The van der Waals surface area contributed by atoms with Crippen molar-refractivity contribution >= 4 is 24.2 Å². The van der Waals surface area contributed by atoms with E-state index in [-0.39, 0.29) is 42.7 Å². The van der Waals surface area contributed by atoms with Crippen LogP contribution in [0.2, 0.25) is 0 Å². The first-order chi connectivity index (χ1) is 10.0. The molecular weight excluding hydrogens is 306 g/mol. The Hall–Kier alpha value is -0.850. The summed E-state index contributed by atoms with van der Waals surface area (Å²) in [5.74, 6) is 0.259. The van der Waals surface area contributed by atoms with Crippen molar-refractivity contribution in [2.75, 3.05) is 26.3 Å². The van der Waals surface area contributed by atoms with Gasteiger partial charge in [-0.15, -0.1) is 12.4 Å². The van der Waals surface area contributed by atoms with E-state index in [9.17, 15) is 9.59 Å². The summed E-state index contributed by atoms with van der Waals surface area (Å²) in [5, 5.41) is 2.67. The number of likely N-dealkylation sites (tertiary alicyclic amines) is 1. The molecular formula is C15H28ClN3O3. The first kappa shape index (κ1) is 19.2. The van der Waals surface area contributed by atoms with Crippen molar-refractivity contribution in [2.45, 2.75) is 45.2 Å². The van der Waals surface area contributed by atoms with E-state index in [0.717, 1.165) is 39.0 Å². The zero-order chi connectivity index (χ0) is 15.4. The molecule has 3 N–H and O–H groups in total. The number of amides is 2. The molecule has 3 atom stereocenters. The van der Waals surface area contributed by atoms with Gasteiger partial charge in [0.05, 0.1) is 19.2 Å². The zero-order valence-electron chi connectivity index (χ0n) is 13.4. The van der Waals surface area contributed by atoms with Gasteiger partial charge in [-0.05, 0) is 25.2 Å². The minimum atomic E-state index is -0.560. The van der Waals surface area contributed by atoms with Gasteiger partial charge in [-0.3, -0.25) is 9.59 Å². The highest BCUT2D eigenvalue weighted by atomic mass is 35.5. The Morgan fingerprint density at radius 3 is 2.77 bits per heavy atom. The summed E-state index contributed by atoms with van der Waals surface area (Å²) >= 11 is 0. The predicted octanol–water partition coefficient (Wildman–Crippen LogP) is 0.535. The average molecular weight is 334 g/mol. The number of piperidine rings is 1. The molecule has 2 amide bonds. The zero-order valence-corrected chi connectivity index (χ0v) is 14.2. The van der Waals surface area contributed by atoms with E-state index in [0.29, 0.717) is 5.92 Å². The van der Waals surface area contributed by atoms with E-state index >= 15 is 0 Å². The minimum absolute atomic E-state index is 0. The summed E-state index contributed by atoms with van der Waals surface area (Å²) < 4.78 is 5.50. The Labute approximate surface area is 138 Å². The van der Waals surface area contributed by atoms with E-state index in [1.807, 2.05) is 18.7 Å². The summed E-state index contributed by atoms with van der Waals surface area (Å²) in [6, 6.07) is -0.286. The molecule has 0 aliphatic carbocycles. The fraction of sp³-hybridized carbons (Fsp3) is 0.867. The third-order valence-electron chi connectivity index (χ3n) is 4.56. The standard InChI is InChI=1S/C15H27N3O3.ClH/c1-10(2)14(16)15(20)17-8-13(19)18-6-3-4-11-9-21-7-5-12(11)18;/h10-12,14H,3-9,16H2,1-2H3,(H,17,20);1H/t11?,12?,14-;/m0./s1. The number of carbonyl (C=O) groups excluding carboxylic acids is 2. The molecule has 2 heterocycles. The second kappa shape index (κ2) is 8.70. The summed E-state index contributed by atoms with van der Waals surface area (Å²) in [4.78, 5) is 26.1. The molecule has 0 aromatic heterocycles. The summed E-state index contributed by atoms with van der Waals surface area (Å²) in [5.41, 5.74) is 5.78. The van der Waals surface area contributed by atoms with Crippen LogP contribution in [0.4, 0.5) is 0 Å². The van der Waals surface area contributed by atoms with Crippen molar-refractivity contribution in [3.05, 3.63) is 0 Å². The first-order valence-electron chi connectivity index (χ1n) is 7.91. The molecule has 22 heavy (non-hydrogen) atoms. The number of halogens is 1. The number of nitrogens with zero attached hydrogens (tertiary/aromatic N) is 1. The Kier molecular flexibility index (Phi) is 7.59. The number of hydrogen-bond acceptors (Lipinski definition) is 4. The largest absolute Gasteiger partial charge is 0.381 e. The summed E-state index contributed by atoms with van der Waals surface area (Å²) in [6.07, 6.45) is 3.03. The average Bonchev–Trinajstić information content (AvgIpc) is 2.50. The van der Waals surface area contributed by atoms with Crippen LogP contribution in [0.15, 0.2) is 0 Å². The van der Waals surface area contributed by atoms with Gasteiger partial charge in [-0.1, -0.05) is 13.8 Å². The Morgan fingerprint density at radius 1 is 1.36 bits per heavy atom. The van der Waals surface area contributed by atoms with Crippen LogP contribution >= 0.6 is 12.4 Å². The van der Waals surface area contributed by atoms with E-state index in [1.54, 1.807) is 0 Å². The minimum Gasteiger partial charge on any atom is -0.381 e. The summed E-state index contributed by atoms with van der Waals surface area (Å²) in [6.45, 7) is 6.08. The number of ether oxygens (including phenoxy) is 1. The van der Waals surface area contributed by atoms with Crippen molar-refractivity contribution in [1.29, 1.82) is 0 Å². The van der Waals surface area contributed by atoms with Crippen LogP contribution < -0.4 is 11.1 Å².